The van der Waals surface area contributed by atoms with Crippen molar-refractivity contribution in [2.75, 3.05) is 39.4 Å². The number of carbonyl (C=O) groups excluding carboxylic acids is 1. The first-order valence-electron chi connectivity index (χ1n) is 6.82. The topological polar surface area (TPSA) is 41.6 Å². The van der Waals surface area contributed by atoms with Gasteiger partial charge in [-0.2, -0.15) is 0 Å². The number of hydrogen-bond acceptors (Lipinski definition) is 4. The first-order chi connectivity index (χ1) is 9.16. The zero-order chi connectivity index (χ0) is 13.7. The summed E-state index contributed by atoms with van der Waals surface area (Å²) in [5.41, 5.74) is 0.828. The van der Waals surface area contributed by atoms with Crippen molar-refractivity contribution in [3.8, 4) is 0 Å². The third-order valence-corrected chi connectivity index (χ3v) is 4.29. The number of thiophene rings is 1. The summed E-state index contributed by atoms with van der Waals surface area (Å²) in [6, 6.07) is 1.97. The number of carbonyl (C=O) groups is 1. The molecule has 0 spiro atoms. The summed E-state index contributed by atoms with van der Waals surface area (Å²) in [6.07, 6.45) is 0.994. The molecule has 1 aliphatic heterocycles. The summed E-state index contributed by atoms with van der Waals surface area (Å²) in [5, 5.41) is 3.00. The van der Waals surface area contributed by atoms with Crippen molar-refractivity contribution in [1.29, 1.82) is 0 Å². The number of ether oxygens (including phenoxy) is 1. The lowest BCUT2D eigenvalue weighted by molar-refractivity contribution is 0.0374. The Labute approximate surface area is 118 Å². The van der Waals surface area contributed by atoms with Gasteiger partial charge in [-0.1, -0.05) is 0 Å². The minimum atomic E-state index is 0.0591. The summed E-state index contributed by atoms with van der Waals surface area (Å²) < 4.78 is 5.31. The van der Waals surface area contributed by atoms with E-state index in [9.17, 15) is 4.79 Å². The molecule has 1 amide bonds. The highest BCUT2D eigenvalue weighted by molar-refractivity contribution is 7.12. The second-order valence-electron chi connectivity index (χ2n) is 4.89. The van der Waals surface area contributed by atoms with E-state index in [0.717, 1.165) is 56.3 Å². The number of aryl methyl sites for hydroxylation is 2. The molecular weight excluding hydrogens is 260 g/mol. The molecule has 5 heteroatoms. The van der Waals surface area contributed by atoms with Gasteiger partial charge in [0.2, 0.25) is 0 Å². The fourth-order valence-electron chi connectivity index (χ4n) is 2.28. The van der Waals surface area contributed by atoms with E-state index in [4.69, 9.17) is 4.74 Å². The number of morpholine rings is 1. The highest BCUT2D eigenvalue weighted by atomic mass is 32.1. The van der Waals surface area contributed by atoms with Crippen molar-refractivity contribution in [1.82, 2.24) is 10.2 Å². The Balaban J connectivity index is 1.67. The summed E-state index contributed by atoms with van der Waals surface area (Å²) in [7, 11) is 0. The molecule has 1 aromatic heterocycles. The minimum Gasteiger partial charge on any atom is -0.379 e. The van der Waals surface area contributed by atoms with E-state index in [-0.39, 0.29) is 5.91 Å². The van der Waals surface area contributed by atoms with E-state index in [2.05, 4.69) is 10.2 Å². The van der Waals surface area contributed by atoms with Crippen molar-refractivity contribution in [2.24, 2.45) is 0 Å². The standard InChI is InChI=1S/C14H22N2O2S/c1-11-10-13(12(2)19-11)14(17)15-4-3-5-16-6-8-18-9-7-16/h10H,3-9H2,1-2H3,(H,15,17). The Morgan fingerprint density at radius 2 is 2.16 bits per heavy atom. The number of amides is 1. The van der Waals surface area contributed by atoms with Gasteiger partial charge in [0.1, 0.15) is 0 Å². The van der Waals surface area contributed by atoms with Gasteiger partial charge in [-0.05, 0) is 32.9 Å². The average Bonchev–Trinajstić information content (AvgIpc) is 2.75. The monoisotopic (exact) mass is 282 g/mol. The van der Waals surface area contributed by atoms with E-state index >= 15 is 0 Å². The quantitative estimate of drug-likeness (QED) is 0.838. The highest BCUT2D eigenvalue weighted by Crippen LogP contribution is 2.20. The molecule has 1 aromatic rings. The maximum absolute atomic E-state index is 12.0. The number of nitrogens with one attached hydrogen (secondary N) is 1. The zero-order valence-electron chi connectivity index (χ0n) is 11.7. The molecule has 2 heterocycles. The van der Waals surface area contributed by atoms with E-state index in [1.54, 1.807) is 11.3 Å². The van der Waals surface area contributed by atoms with Crippen LogP contribution in [-0.4, -0.2) is 50.2 Å². The van der Waals surface area contributed by atoms with Crippen LogP contribution in [0, 0.1) is 13.8 Å². The van der Waals surface area contributed by atoms with Gasteiger partial charge < -0.3 is 10.1 Å². The third kappa shape index (κ3) is 4.30. The molecule has 0 atom stereocenters. The molecule has 1 saturated heterocycles. The predicted molar refractivity (Wildman–Crippen MR) is 78.0 cm³/mol. The Morgan fingerprint density at radius 1 is 1.42 bits per heavy atom. The molecule has 0 aromatic carbocycles. The predicted octanol–water partition coefficient (Wildman–Crippen LogP) is 1.82. The maximum atomic E-state index is 12.0. The van der Waals surface area contributed by atoms with Crippen LogP contribution in [-0.2, 0) is 4.74 Å². The fourth-order valence-corrected chi connectivity index (χ4v) is 3.20. The van der Waals surface area contributed by atoms with Gasteiger partial charge in [-0.3, -0.25) is 9.69 Å². The Kier molecular flexibility index (Phi) is 5.36. The van der Waals surface area contributed by atoms with Crippen LogP contribution < -0.4 is 5.32 Å². The van der Waals surface area contributed by atoms with Crippen LogP contribution in [0.5, 0.6) is 0 Å². The second-order valence-corrected chi connectivity index (χ2v) is 6.35. The molecule has 1 aliphatic rings. The molecule has 19 heavy (non-hydrogen) atoms. The lowest BCUT2D eigenvalue weighted by Gasteiger charge is -2.26. The molecule has 0 bridgehead atoms. The summed E-state index contributed by atoms with van der Waals surface area (Å²) >= 11 is 1.68. The van der Waals surface area contributed by atoms with Gasteiger partial charge >= 0.3 is 0 Å². The molecule has 1 fully saturated rings. The molecule has 0 aliphatic carbocycles. The van der Waals surface area contributed by atoms with Crippen LogP contribution in [0.1, 0.15) is 26.5 Å². The normalized spacial score (nSPS) is 16.5. The van der Waals surface area contributed by atoms with E-state index in [1.807, 2.05) is 19.9 Å². The minimum absolute atomic E-state index is 0.0591. The summed E-state index contributed by atoms with van der Waals surface area (Å²) in [4.78, 5) is 16.7. The van der Waals surface area contributed by atoms with Crippen molar-refractivity contribution < 1.29 is 9.53 Å². The number of rotatable bonds is 5. The molecule has 0 saturated carbocycles. The van der Waals surface area contributed by atoms with Crippen molar-refractivity contribution in [2.45, 2.75) is 20.3 Å². The van der Waals surface area contributed by atoms with Gasteiger partial charge in [0.15, 0.2) is 0 Å². The van der Waals surface area contributed by atoms with Crippen molar-refractivity contribution in [3.63, 3.8) is 0 Å². The van der Waals surface area contributed by atoms with Crippen LogP contribution in [0.4, 0.5) is 0 Å². The van der Waals surface area contributed by atoms with Gasteiger partial charge in [-0.15, -0.1) is 11.3 Å². The van der Waals surface area contributed by atoms with Crippen LogP contribution in [0.2, 0.25) is 0 Å². The largest absolute Gasteiger partial charge is 0.379 e. The van der Waals surface area contributed by atoms with Gasteiger partial charge in [-0.25, -0.2) is 0 Å². The molecule has 106 valence electrons. The molecule has 4 nitrogen and oxygen atoms in total. The number of hydrogen-bond donors (Lipinski definition) is 1. The highest BCUT2D eigenvalue weighted by Gasteiger charge is 2.12. The SMILES string of the molecule is Cc1cc(C(=O)NCCCN2CCOCC2)c(C)s1. The van der Waals surface area contributed by atoms with Crippen LogP contribution >= 0.6 is 11.3 Å². The second kappa shape index (κ2) is 7.03. The van der Waals surface area contributed by atoms with Crippen molar-refractivity contribution in [3.05, 3.63) is 21.4 Å². The first kappa shape index (κ1) is 14.5. The van der Waals surface area contributed by atoms with E-state index in [0.29, 0.717) is 0 Å². The molecule has 0 unspecified atom stereocenters. The molecule has 2 rings (SSSR count). The van der Waals surface area contributed by atoms with Crippen LogP contribution in [0.3, 0.4) is 0 Å². The van der Waals surface area contributed by atoms with Gasteiger partial charge in [0, 0.05) is 29.4 Å². The van der Waals surface area contributed by atoms with E-state index in [1.165, 1.54) is 4.88 Å². The van der Waals surface area contributed by atoms with Gasteiger partial charge in [0.25, 0.3) is 5.91 Å². The molecule has 1 N–H and O–H groups in total. The number of nitrogens with zero attached hydrogens (tertiary/aromatic N) is 1. The molecule has 0 radical (unpaired) electrons. The lowest BCUT2D eigenvalue weighted by atomic mass is 10.2. The summed E-state index contributed by atoms with van der Waals surface area (Å²) in [5.74, 6) is 0.0591. The summed E-state index contributed by atoms with van der Waals surface area (Å²) in [6.45, 7) is 9.50. The van der Waals surface area contributed by atoms with Crippen LogP contribution in [0.25, 0.3) is 0 Å². The Morgan fingerprint density at radius 3 is 2.79 bits per heavy atom. The van der Waals surface area contributed by atoms with E-state index < -0.39 is 0 Å². The molecular formula is C14H22N2O2S. The third-order valence-electron chi connectivity index (χ3n) is 3.33. The zero-order valence-corrected chi connectivity index (χ0v) is 12.5. The lowest BCUT2D eigenvalue weighted by Crippen LogP contribution is -2.38. The first-order valence-corrected chi connectivity index (χ1v) is 7.64. The fraction of sp³-hybridized carbons (Fsp3) is 0.643. The van der Waals surface area contributed by atoms with Crippen LogP contribution in [0.15, 0.2) is 6.07 Å². The maximum Gasteiger partial charge on any atom is 0.252 e. The van der Waals surface area contributed by atoms with Gasteiger partial charge in [0.05, 0.1) is 18.8 Å². The Bertz CT molecular complexity index is 425. The Hall–Kier alpha value is -0.910. The average molecular weight is 282 g/mol. The smallest absolute Gasteiger partial charge is 0.252 e. The van der Waals surface area contributed by atoms with Crippen molar-refractivity contribution >= 4 is 17.2 Å².